The monoisotopic (exact) mass is 368 g/mol. The van der Waals surface area contributed by atoms with Gasteiger partial charge in [-0.05, 0) is 26.8 Å². The SMILES string of the molecule is CC(Oc1nc(-c2cnn(C(C)C)c2)cc2ncn(C)c12)C1CNC(=O)C1. The van der Waals surface area contributed by atoms with Gasteiger partial charge in [-0.25, -0.2) is 9.97 Å². The molecule has 8 heteroatoms. The van der Waals surface area contributed by atoms with Crippen LogP contribution >= 0.6 is 0 Å². The lowest BCUT2D eigenvalue weighted by molar-refractivity contribution is -0.119. The average Bonchev–Trinajstić information content (AvgIpc) is 3.34. The van der Waals surface area contributed by atoms with Crippen LogP contribution in [0.1, 0.15) is 33.2 Å². The van der Waals surface area contributed by atoms with Crippen LogP contribution < -0.4 is 10.1 Å². The van der Waals surface area contributed by atoms with Gasteiger partial charge < -0.3 is 14.6 Å². The van der Waals surface area contributed by atoms with Gasteiger partial charge >= 0.3 is 0 Å². The summed E-state index contributed by atoms with van der Waals surface area (Å²) in [4.78, 5) is 20.8. The molecule has 0 spiro atoms. The van der Waals surface area contributed by atoms with E-state index in [-0.39, 0.29) is 24.0 Å². The number of nitrogens with zero attached hydrogens (tertiary/aromatic N) is 5. The molecule has 1 aliphatic heterocycles. The van der Waals surface area contributed by atoms with E-state index in [1.54, 1.807) is 6.33 Å². The maximum absolute atomic E-state index is 11.5. The largest absolute Gasteiger partial charge is 0.473 e. The molecule has 2 unspecified atom stereocenters. The normalized spacial score (nSPS) is 18.3. The molecule has 1 N–H and O–H groups in total. The minimum Gasteiger partial charge on any atom is -0.473 e. The molecule has 4 heterocycles. The molecule has 0 aliphatic carbocycles. The second-order valence-corrected chi connectivity index (χ2v) is 7.43. The molecular formula is C19H24N6O2. The smallest absolute Gasteiger partial charge is 0.241 e. The molecule has 1 saturated heterocycles. The summed E-state index contributed by atoms with van der Waals surface area (Å²) in [6, 6.07) is 2.23. The Bertz CT molecular complexity index is 989. The standard InChI is InChI=1S/C19H24N6O2/c1-11(2)25-9-14(8-22-25)15-6-16-18(24(4)10-21-16)19(23-15)27-12(3)13-5-17(26)20-7-13/h6,8-13H,5,7H2,1-4H3,(H,20,26). The molecule has 142 valence electrons. The van der Waals surface area contributed by atoms with Crippen molar-refractivity contribution in [2.45, 2.75) is 39.3 Å². The molecule has 27 heavy (non-hydrogen) atoms. The first-order chi connectivity index (χ1) is 12.9. The first-order valence-corrected chi connectivity index (χ1v) is 9.22. The molecule has 1 fully saturated rings. The Balaban J connectivity index is 1.71. The summed E-state index contributed by atoms with van der Waals surface area (Å²) in [6.45, 7) is 6.78. The number of carbonyl (C=O) groups excluding carboxylic acids is 1. The van der Waals surface area contributed by atoms with E-state index in [9.17, 15) is 4.79 Å². The molecule has 1 aliphatic rings. The highest BCUT2D eigenvalue weighted by atomic mass is 16.5. The van der Waals surface area contributed by atoms with E-state index in [0.717, 1.165) is 22.3 Å². The molecule has 0 bridgehead atoms. The number of nitrogens with one attached hydrogen (secondary N) is 1. The van der Waals surface area contributed by atoms with Gasteiger partial charge in [-0.3, -0.25) is 9.48 Å². The maximum atomic E-state index is 11.5. The van der Waals surface area contributed by atoms with Crippen LogP contribution in [0.2, 0.25) is 0 Å². The van der Waals surface area contributed by atoms with Gasteiger partial charge in [0, 0.05) is 43.7 Å². The summed E-state index contributed by atoms with van der Waals surface area (Å²) in [5.74, 6) is 0.741. The highest BCUT2D eigenvalue weighted by molar-refractivity contribution is 5.84. The van der Waals surface area contributed by atoms with Gasteiger partial charge in [0.15, 0.2) is 0 Å². The number of amides is 1. The molecule has 3 aromatic rings. The molecule has 0 radical (unpaired) electrons. The molecule has 8 nitrogen and oxygen atoms in total. The molecule has 0 saturated carbocycles. The zero-order valence-corrected chi connectivity index (χ0v) is 16.0. The van der Waals surface area contributed by atoms with Gasteiger partial charge in [0.1, 0.15) is 11.6 Å². The lowest BCUT2D eigenvalue weighted by atomic mass is 10.0. The first kappa shape index (κ1) is 17.5. The van der Waals surface area contributed by atoms with Crippen LogP contribution in [0.25, 0.3) is 22.3 Å². The predicted octanol–water partition coefficient (Wildman–Crippen LogP) is 2.32. The van der Waals surface area contributed by atoms with Crippen LogP contribution in [-0.4, -0.2) is 42.9 Å². The van der Waals surface area contributed by atoms with Crippen LogP contribution in [0.15, 0.2) is 24.8 Å². The highest BCUT2D eigenvalue weighted by Crippen LogP contribution is 2.30. The van der Waals surface area contributed by atoms with Crippen molar-refractivity contribution in [2.24, 2.45) is 13.0 Å². The fraction of sp³-hybridized carbons (Fsp3) is 0.474. The molecule has 4 rings (SSSR count). The van der Waals surface area contributed by atoms with E-state index < -0.39 is 0 Å². The summed E-state index contributed by atoms with van der Waals surface area (Å²) in [5, 5.41) is 7.27. The Morgan fingerprint density at radius 3 is 2.81 bits per heavy atom. The van der Waals surface area contributed by atoms with Gasteiger partial charge in [-0.1, -0.05) is 0 Å². The Kier molecular flexibility index (Phi) is 4.33. The number of hydrogen-bond acceptors (Lipinski definition) is 5. The highest BCUT2D eigenvalue weighted by Gasteiger charge is 2.29. The van der Waals surface area contributed by atoms with Crippen molar-refractivity contribution >= 4 is 16.9 Å². The van der Waals surface area contributed by atoms with Gasteiger partial charge in [-0.2, -0.15) is 5.10 Å². The van der Waals surface area contributed by atoms with Crippen LogP contribution in [-0.2, 0) is 11.8 Å². The van der Waals surface area contributed by atoms with Crippen LogP contribution in [0.4, 0.5) is 0 Å². The number of fused-ring (bicyclic) bond motifs is 1. The number of hydrogen-bond donors (Lipinski definition) is 1. The zero-order chi connectivity index (χ0) is 19.1. The molecule has 2 atom stereocenters. The van der Waals surface area contributed by atoms with Gasteiger partial charge in [-0.15, -0.1) is 0 Å². The van der Waals surface area contributed by atoms with Crippen LogP contribution in [0.3, 0.4) is 0 Å². The number of carbonyl (C=O) groups is 1. The Morgan fingerprint density at radius 2 is 2.15 bits per heavy atom. The Labute approximate surface area is 157 Å². The summed E-state index contributed by atoms with van der Waals surface area (Å²) in [6.07, 6.45) is 5.89. The van der Waals surface area contributed by atoms with Crippen molar-refractivity contribution < 1.29 is 9.53 Å². The minimum absolute atomic E-state index is 0.0731. The summed E-state index contributed by atoms with van der Waals surface area (Å²) < 4.78 is 10.0. The number of aryl methyl sites for hydroxylation is 1. The predicted molar refractivity (Wildman–Crippen MR) is 101 cm³/mol. The number of ether oxygens (including phenoxy) is 1. The zero-order valence-electron chi connectivity index (χ0n) is 16.0. The molecular weight excluding hydrogens is 344 g/mol. The van der Waals surface area contributed by atoms with Crippen LogP contribution in [0, 0.1) is 5.92 Å². The van der Waals surface area contributed by atoms with Crippen molar-refractivity contribution in [3.05, 3.63) is 24.8 Å². The number of imidazole rings is 1. The van der Waals surface area contributed by atoms with Crippen molar-refractivity contribution in [1.29, 1.82) is 0 Å². The number of pyridine rings is 1. The maximum Gasteiger partial charge on any atom is 0.241 e. The van der Waals surface area contributed by atoms with E-state index >= 15 is 0 Å². The minimum atomic E-state index is -0.136. The van der Waals surface area contributed by atoms with E-state index in [2.05, 4.69) is 29.2 Å². The van der Waals surface area contributed by atoms with Crippen molar-refractivity contribution in [3.8, 4) is 17.1 Å². The second-order valence-electron chi connectivity index (χ2n) is 7.43. The third kappa shape index (κ3) is 3.27. The molecule has 1 amide bonds. The van der Waals surface area contributed by atoms with E-state index in [1.807, 2.05) is 41.7 Å². The Hall–Kier alpha value is -2.90. The summed E-state index contributed by atoms with van der Waals surface area (Å²) in [7, 11) is 1.92. The third-order valence-electron chi connectivity index (χ3n) is 5.06. The topological polar surface area (TPSA) is 86.9 Å². The number of aromatic nitrogens is 5. The quantitative estimate of drug-likeness (QED) is 0.747. The van der Waals surface area contributed by atoms with E-state index in [4.69, 9.17) is 9.72 Å². The van der Waals surface area contributed by atoms with Gasteiger partial charge in [0.2, 0.25) is 11.8 Å². The fourth-order valence-electron chi connectivity index (χ4n) is 3.35. The van der Waals surface area contributed by atoms with Crippen LogP contribution in [0.5, 0.6) is 5.88 Å². The summed E-state index contributed by atoms with van der Waals surface area (Å²) in [5.41, 5.74) is 3.36. The summed E-state index contributed by atoms with van der Waals surface area (Å²) >= 11 is 0. The van der Waals surface area contributed by atoms with Gasteiger partial charge in [0.05, 0.1) is 23.7 Å². The fourth-order valence-corrected chi connectivity index (χ4v) is 3.35. The van der Waals surface area contributed by atoms with E-state index in [0.29, 0.717) is 18.8 Å². The Morgan fingerprint density at radius 1 is 1.33 bits per heavy atom. The van der Waals surface area contributed by atoms with Crippen molar-refractivity contribution in [2.75, 3.05) is 6.54 Å². The lowest BCUT2D eigenvalue weighted by Gasteiger charge is -2.20. The first-order valence-electron chi connectivity index (χ1n) is 9.22. The van der Waals surface area contributed by atoms with Crippen molar-refractivity contribution in [1.82, 2.24) is 29.6 Å². The van der Waals surface area contributed by atoms with Gasteiger partial charge in [0.25, 0.3) is 0 Å². The lowest BCUT2D eigenvalue weighted by Crippen LogP contribution is -2.26. The van der Waals surface area contributed by atoms with E-state index in [1.165, 1.54) is 0 Å². The molecule has 3 aromatic heterocycles. The van der Waals surface area contributed by atoms with Crippen molar-refractivity contribution in [3.63, 3.8) is 0 Å². The molecule has 0 aromatic carbocycles. The second kappa shape index (κ2) is 6.68. The average molecular weight is 368 g/mol. The number of rotatable bonds is 5. The third-order valence-corrected chi connectivity index (χ3v) is 5.06.